The number of hydrogen-bond acceptors (Lipinski definition) is 5. The fourth-order valence-corrected chi connectivity index (χ4v) is 10.1. The molecule has 0 amide bonds. The highest BCUT2D eigenvalue weighted by atomic mass is 32.1. The van der Waals surface area contributed by atoms with E-state index in [-0.39, 0.29) is 12.3 Å². The number of thiophene rings is 1. The molecule has 5 nitrogen and oxygen atoms in total. The topological polar surface area (TPSA) is 54.5 Å². The number of nitrogens with zero attached hydrogens (tertiary/aromatic N) is 2. The van der Waals surface area contributed by atoms with E-state index in [1.807, 2.05) is 17.4 Å². The van der Waals surface area contributed by atoms with Crippen molar-refractivity contribution in [3.8, 4) is 16.8 Å². The van der Waals surface area contributed by atoms with Crippen LogP contribution in [-0.2, 0) is 0 Å². The molecule has 10 aromatic rings. The van der Waals surface area contributed by atoms with Crippen molar-refractivity contribution in [3.05, 3.63) is 187 Å². The maximum Gasteiger partial charge on any atom is 0.135 e. The summed E-state index contributed by atoms with van der Waals surface area (Å²) < 4.78 is 11.5. The van der Waals surface area contributed by atoms with Gasteiger partial charge in [-0.05, 0) is 89.2 Å². The normalized spacial score (nSPS) is 17.2. The molecule has 0 saturated heterocycles. The highest BCUT2D eigenvalue weighted by Crippen LogP contribution is 2.41. The number of allylic oxidation sites excluding steroid dienone is 3. The Hall–Kier alpha value is -6.73. The first-order chi connectivity index (χ1) is 28.2. The molecular formula is C51H36N4OS. The predicted molar refractivity (Wildman–Crippen MR) is 238 cm³/mol. The average Bonchev–Trinajstić information content (AvgIpc) is 3.95. The van der Waals surface area contributed by atoms with Crippen molar-refractivity contribution in [2.75, 3.05) is 0 Å². The van der Waals surface area contributed by atoms with Gasteiger partial charge in [-0.25, -0.2) is 4.99 Å². The Kier molecular flexibility index (Phi) is 7.37. The average molecular weight is 753 g/mol. The molecule has 2 atom stereocenters. The van der Waals surface area contributed by atoms with Crippen LogP contribution in [0.2, 0.25) is 0 Å². The van der Waals surface area contributed by atoms with Crippen LogP contribution in [0, 0.1) is 0 Å². The van der Waals surface area contributed by atoms with Crippen LogP contribution in [0.15, 0.2) is 185 Å². The summed E-state index contributed by atoms with van der Waals surface area (Å²) >= 11 is 1.86. The number of nitrogens with one attached hydrogen (secondary N) is 2. The highest BCUT2D eigenvalue weighted by molar-refractivity contribution is 7.25. The van der Waals surface area contributed by atoms with E-state index >= 15 is 0 Å². The number of benzene rings is 7. The van der Waals surface area contributed by atoms with E-state index in [4.69, 9.17) is 9.41 Å². The van der Waals surface area contributed by atoms with Gasteiger partial charge in [0.25, 0.3) is 0 Å². The number of aromatic nitrogens is 1. The van der Waals surface area contributed by atoms with Crippen LogP contribution in [0.4, 0.5) is 0 Å². The molecule has 12 rings (SSSR count). The standard InChI is InChI=1S/C51H36N4OS/c1-3-11-31(12-4-1)49-52-50(32-13-5-2-6-14-32)54-51(53-49)35-20-23-39-42-27-33(21-26-45(42)56-46(39)28-35)34-19-24-40-41-25-22-36(30-48(41)57-47(40)29-34)55-43-17-9-7-15-37(43)38-16-8-10-18-44(38)55/h1-5,7-13,15-30,49,51,53H,6,14H2,(H,52,54). The molecule has 6 heteroatoms. The van der Waals surface area contributed by atoms with Crippen LogP contribution in [0.25, 0.3) is 80.7 Å². The zero-order chi connectivity index (χ0) is 37.5. The summed E-state index contributed by atoms with van der Waals surface area (Å²) in [6, 6.07) is 54.9. The first-order valence-corrected chi connectivity index (χ1v) is 20.5. The van der Waals surface area contributed by atoms with Gasteiger partial charge in [-0.3, -0.25) is 5.32 Å². The SMILES string of the molecule is C1=CCCC(C2=NC(c3ccccc3)NC(c3ccc4c(c3)oc3ccc(-c5ccc6c(c5)sc5cc(-n7c8ccccc8c8ccccc87)ccc56)cc34)N2)=C1. The Balaban J connectivity index is 0.885. The van der Waals surface area contributed by atoms with Crippen LogP contribution >= 0.6 is 11.3 Å². The molecule has 4 heterocycles. The van der Waals surface area contributed by atoms with E-state index < -0.39 is 0 Å². The lowest BCUT2D eigenvalue weighted by Crippen LogP contribution is -2.45. The Bertz CT molecular complexity index is 3270. The Labute approximate surface area is 332 Å². The number of amidine groups is 1. The Morgan fingerprint density at radius 2 is 1.32 bits per heavy atom. The minimum atomic E-state index is -0.159. The molecule has 0 fully saturated rings. The van der Waals surface area contributed by atoms with Crippen LogP contribution in [-0.4, -0.2) is 10.4 Å². The molecule has 0 bridgehead atoms. The molecule has 272 valence electrons. The van der Waals surface area contributed by atoms with Gasteiger partial charge in [0.1, 0.15) is 29.3 Å². The van der Waals surface area contributed by atoms with E-state index in [9.17, 15) is 0 Å². The Morgan fingerprint density at radius 1 is 0.596 bits per heavy atom. The first-order valence-electron chi connectivity index (χ1n) is 19.6. The summed E-state index contributed by atoms with van der Waals surface area (Å²) in [7, 11) is 0. The lowest BCUT2D eigenvalue weighted by molar-refractivity contribution is 0.408. The van der Waals surface area contributed by atoms with Gasteiger partial charge in [-0.2, -0.15) is 0 Å². The second-order valence-corrected chi connectivity index (χ2v) is 16.2. The van der Waals surface area contributed by atoms with E-state index in [1.54, 1.807) is 0 Å². The largest absolute Gasteiger partial charge is 0.456 e. The summed E-state index contributed by atoms with van der Waals surface area (Å²) in [5.41, 5.74) is 11.3. The quantitative estimate of drug-likeness (QED) is 0.184. The van der Waals surface area contributed by atoms with Gasteiger partial charge in [0, 0.05) is 47.4 Å². The fraction of sp³-hybridized carbons (Fsp3) is 0.0784. The van der Waals surface area contributed by atoms with Crippen molar-refractivity contribution in [3.63, 3.8) is 0 Å². The van der Waals surface area contributed by atoms with Gasteiger partial charge in [0.2, 0.25) is 0 Å². The maximum absolute atomic E-state index is 6.53. The van der Waals surface area contributed by atoms with Gasteiger partial charge in [-0.15, -0.1) is 11.3 Å². The summed E-state index contributed by atoms with van der Waals surface area (Å²) in [5.74, 6) is 0.950. The summed E-state index contributed by atoms with van der Waals surface area (Å²) in [6.45, 7) is 0. The molecule has 1 aliphatic heterocycles. The van der Waals surface area contributed by atoms with Gasteiger partial charge in [-0.1, -0.05) is 121 Å². The van der Waals surface area contributed by atoms with Crippen molar-refractivity contribution in [2.45, 2.75) is 25.2 Å². The second kappa shape index (κ2) is 12.9. The smallest absolute Gasteiger partial charge is 0.135 e. The van der Waals surface area contributed by atoms with Crippen LogP contribution in [0.3, 0.4) is 0 Å². The second-order valence-electron chi connectivity index (χ2n) is 15.1. The lowest BCUT2D eigenvalue weighted by Gasteiger charge is -2.33. The van der Waals surface area contributed by atoms with Gasteiger partial charge in [0.05, 0.1) is 11.0 Å². The number of hydrogen-bond donors (Lipinski definition) is 2. The van der Waals surface area contributed by atoms with E-state index in [0.29, 0.717) is 0 Å². The molecule has 0 radical (unpaired) electrons. The fourth-order valence-electron chi connectivity index (χ4n) is 8.94. The summed E-state index contributed by atoms with van der Waals surface area (Å²) in [4.78, 5) is 5.12. The summed E-state index contributed by atoms with van der Waals surface area (Å²) in [6.07, 6.45) is 8.24. The van der Waals surface area contributed by atoms with Crippen molar-refractivity contribution in [2.24, 2.45) is 4.99 Å². The van der Waals surface area contributed by atoms with Crippen LogP contribution in [0.5, 0.6) is 0 Å². The van der Waals surface area contributed by atoms with E-state index in [1.165, 1.54) is 64.4 Å². The van der Waals surface area contributed by atoms with Crippen molar-refractivity contribution >= 4 is 81.1 Å². The van der Waals surface area contributed by atoms with Crippen molar-refractivity contribution in [1.29, 1.82) is 0 Å². The first kappa shape index (κ1) is 32.5. The number of furan rings is 1. The van der Waals surface area contributed by atoms with Gasteiger partial charge >= 0.3 is 0 Å². The van der Waals surface area contributed by atoms with Crippen LogP contribution < -0.4 is 10.6 Å². The molecule has 0 spiro atoms. The molecule has 2 unspecified atom stereocenters. The van der Waals surface area contributed by atoms with Gasteiger partial charge in [0.15, 0.2) is 0 Å². The molecule has 0 saturated carbocycles. The lowest BCUT2D eigenvalue weighted by atomic mass is 10.00. The monoisotopic (exact) mass is 752 g/mol. The van der Waals surface area contributed by atoms with E-state index in [2.05, 4.69) is 179 Å². The zero-order valence-corrected chi connectivity index (χ0v) is 31.8. The molecule has 7 aromatic carbocycles. The van der Waals surface area contributed by atoms with E-state index in [0.717, 1.165) is 51.7 Å². The van der Waals surface area contributed by atoms with Crippen LogP contribution in [0.1, 0.15) is 36.3 Å². The number of rotatable bonds is 5. The molecule has 2 N–H and O–H groups in total. The molecule has 1 aliphatic carbocycles. The summed E-state index contributed by atoms with van der Waals surface area (Å²) in [5, 5.41) is 14.8. The third-order valence-corrected chi connectivity index (χ3v) is 12.9. The number of aliphatic imine (C=N–C) groups is 1. The highest BCUT2D eigenvalue weighted by Gasteiger charge is 2.27. The predicted octanol–water partition coefficient (Wildman–Crippen LogP) is 13.3. The van der Waals surface area contributed by atoms with Crippen molar-refractivity contribution < 1.29 is 4.42 Å². The zero-order valence-electron chi connectivity index (χ0n) is 30.9. The minimum absolute atomic E-state index is 0.131. The molecule has 2 aliphatic rings. The number of fused-ring (bicyclic) bond motifs is 9. The third kappa shape index (κ3) is 5.36. The maximum atomic E-state index is 6.53. The molecular weight excluding hydrogens is 717 g/mol. The van der Waals surface area contributed by atoms with Gasteiger partial charge < -0.3 is 14.3 Å². The minimum Gasteiger partial charge on any atom is -0.456 e. The Morgan fingerprint density at radius 3 is 2.12 bits per heavy atom. The third-order valence-electron chi connectivity index (χ3n) is 11.8. The number of para-hydroxylation sites is 2. The molecule has 3 aromatic heterocycles. The van der Waals surface area contributed by atoms with Crippen molar-refractivity contribution in [1.82, 2.24) is 15.2 Å². The molecule has 57 heavy (non-hydrogen) atoms.